The number of hydrogen-bond acceptors (Lipinski definition) is 3. The number of ether oxygens (including phenoxy) is 1. The van der Waals surface area contributed by atoms with Crippen LogP contribution in [-0.2, 0) is 4.74 Å². The average molecular weight is 287 g/mol. The molecule has 4 heteroatoms. The van der Waals surface area contributed by atoms with Crippen LogP contribution in [0, 0.1) is 11.8 Å². The van der Waals surface area contributed by atoms with E-state index in [4.69, 9.17) is 4.74 Å². The van der Waals surface area contributed by atoms with Crippen LogP contribution in [-0.4, -0.2) is 42.4 Å². The van der Waals surface area contributed by atoms with E-state index in [-0.39, 0.29) is 18.6 Å². The van der Waals surface area contributed by atoms with Gasteiger partial charge < -0.3 is 14.7 Å². The largest absolute Gasteiger partial charge is 0.453 e. The standard InChI is InChI=1S/C12H21NO3.2C2H6/c1-16-12(15)13-7-9(8-14)10-5-3-2-4-6-11(10)13;2*1-2/h9-11,14H,2-8H2,1H3;2*1-2H3/t9?,10-,11+;;/m0../s1. The number of methoxy groups -OCH3 is 1. The van der Waals surface area contributed by atoms with Gasteiger partial charge in [-0.25, -0.2) is 4.79 Å². The van der Waals surface area contributed by atoms with Crippen LogP contribution in [0.5, 0.6) is 0 Å². The van der Waals surface area contributed by atoms with E-state index in [0.717, 1.165) is 12.8 Å². The number of likely N-dealkylation sites (tertiary alicyclic amines) is 1. The van der Waals surface area contributed by atoms with Gasteiger partial charge in [-0.1, -0.05) is 47.0 Å². The Morgan fingerprint density at radius 3 is 2.30 bits per heavy atom. The monoisotopic (exact) mass is 287 g/mol. The summed E-state index contributed by atoms with van der Waals surface area (Å²) in [5, 5.41) is 9.39. The van der Waals surface area contributed by atoms with Crippen molar-refractivity contribution in [1.82, 2.24) is 4.90 Å². The van der Waals surface area contributed by atoms with Gasteiger partial charge in [0.2, 0.25) is 0 Å². The molecule has 1 aliphatic carbocycles. The minimum Gasteiger partial charge on any atom is -0.453 e. The zero-order valence-corrected chi connectivity index (χ0v) is 13.9. The van der Waals surface area contributed by atoms with Crippen LogP contribution in [0.25, 0.3) is 0 Å². The van der Waals surface area contributed by atoms with Gasteiger partial charge >= 0.3 is 6.09 Å². The molecule has 0 radical (unpaired) electrons. The molecule has 1 saturated heterocycles. The molecule has 20 heavy (non-hydrogen) atoms. The molecule has 2 fully saturated rings. The Kier molecular flexibility index (Phi) is 10.5. The Hall–Kier alpha value is -0.770. The molecule has 0 aromatic heterocycles. The minimum atomic E-state index is -0.229. The first-order valence-electron chi connectivity index (χ1n) is 8.23. The highest BCUT2D eigenvalue weighted by molar-refractivity contribution is 5.68. The van der Waals surface area contributed by atoms with Gasteiger partial charge in [-0.2, -0.15) is 0 Å². The lowest BCUT2D eigenvalue weighted by Crippen LogP contribution is -2.37. The summed E-state index contributed by atoms with van der Waals surface area (Å²) in [4.78, 5) is 13.5. The van der Waals surface area contributed by atoms with Crippen LogP contribution in [0.4, 0.5) is 4.79 Å². The lowest BCUT2D eigenvalue weighted by atomic mass is 9.87. The van der Waals surface area contributed by atoms with Gasteiger partial charge in [0.1, 0.15) is 0 Å². The molecule has 1 N–H and O–H groups in total. The third kappa shape index (κ3) is 4.65. The first-order valence-corrected chi connectivity index (χ1v) is 8.23. The minimum absolute atomic E-state index is 0.189. The number of carbonyl (C=O) groups excluding carboxylic acids is 1. The maximum atomic E-state index is 11.7. The van der Waals surface area contributed by atoms with E-state index in [1.165, 1.54) is 26.4 Å². The molecule has 0 aromatic carbocycles. The van der Waals surface area contributed by atoms with Gasteiger partial charge in [-0.3, -0.25) is 0 Å². The van der Waals surface area contributed by atoms with Crippen LogP contribution in [0.15, 0.2) is 0 Å². The van der Waals surface area contributed by atoms with Gasteiger partial charge in [0.05, 0.1) is 7.11 Å². The highest BCUT2D eigenvalue weighted by Crippen LogP contribution is 2.38. The van der Waals surface area contributed by atoms with Crippen molar-refractivity contribution in [2.45, 2.75) is 65.8 Å². The van der Waals surface area contributed by atoms with E-state index < -0.39 is 0 Å². The van der Waals surface area contributed by atoms with Crippen molar-refractivity contribution in [3.05, 3.63) is 0 Å². The summed E-state index contributed by atoms with van der Waals surface area (Å²) in [6.45, 7) is 8.85. The number of carbonyl (C=O) groups is 1. The molecule has 3 atom stereocenters. The van der Waals surface area contributed by atoms with E-state index in [9.17, 15) is 9.90 Å². The Morgan fingerprint density at radius 1 is 1.15 bits per heavy atom. The second-order valence-electron chi connectivity index (χ2n) is 4.93. The molecule has 4 nitrogen and oxygen atoms in total. The van der Waals surface area contributed by atoms with E-state index in [0.29, 0.717) is 18.5 Å². The average Bonchev–Trinajstić information content (AvgIpc) is 2.71. The van der Waals surface area contributed by atoms with Gasteiger partial charge in [-0.05, 0) is 18.8 Å². The fraction of sp³-hybridized carbons (Fsp3) is 0.938. The zero-order chi connectivity index (χ0) is 15.5. The first-order chi connectivity index (χ1) is 9.77. The van der Waals surface area contributed by atoms with Crippen LogP contribution in [0.2, 0.25) is 0 Å². The number of rotatable bonds is 1. The molecule has 2 aliphatic rings. The molecule has 1 amide bonds. The predicted molar refractivity (Wildman–Crippen MR) is 82.7 cm³/mol. The highest BCUT2D eigenvalue weighted by atomic mass is 16.5. The van der Waals surface area contributed by atoms with E-state index in [1.54, 1.807) is 0 Å². The third-order valence-corrected chi connectivity index (χ3v) is 4.11. The van der Waals surface area contributed by atoms with Crippen LogP contribution < -0.4 is 0 Å². The fourth-order valence-corrected chi connectivity index (χ4v) is 3.30. The molecule has 1 saturated carbocycles. The van der Waals surface area contributed by atoms with Crippen molar-refractivity contribution < 1.29 is 14.6 Å². The van der Waals surface area contributed by atoms with E-state index >= 15 is 0 Å². The van der Waals surface area contributed by atoms with Crippen LogP contribution >= 0.6 is 0 Å². The number of aliphatic hydroxyl groups excluding tert-OH is 1. The van der Waals surface area contributed by atoms with Crippen LogP contribution in [0.1, 0.15) is 59.8 Å². The molecular weight excluding hydrogens is 254 g/mol. The lowest BCUT2D eigenvalue weighted by Gasteiger charge is -2.25. The van der Waals surface area contributed by atoms with Gasteiger partial charge in [-0.15, -0.1) is 0 Å². The molecule has 0 aromatic rings. The molecule has 0 spiro atoms. The van der Waals surface area contributed by atoms with Crippen molar-refractivity contribution in [1.29, 1.82) is 0 Å². The van der Waals surface area contributed by atoms with Crippen molar-refractivity contribution in [2.75, 3.05) is 20.3 Å². The summed E-state index contributed by atoms with van der Waals surface area (Å²) < 4.78 is 4.82. The summed E-state index contributed by atoms with van der Waals surface area (Å²) >= 11 is 0. The van der Waals surface area contributed by atoms with Crippen molar-refractivity contribution in [3.63, 3.8) is 0 Å². The quantitative estimate of drug-likeness (QED) is 0.800. The summed E-state index contributed by atoms with van der Waals surface area (Å²) in [5.41, 5.74) is 0. The Labute approximate surface area is 124 Å². The lowest BCUT2D eigenvalue weighted by molar-refractivity contribution is 0.112. The Balaban J connectivity index is 0.000000829. The van der Waals surface area contributed by atoms with E-state index in [2.05, 4.69) is 0 Å². The highest BCUT2D eigenvalue weighted by Gasteiger charge is 2.43. The molecule has 0 bridgehead atoms. The topological polar surface area (TPSA) is 49.8 Å². The number of hydrogen-bond donors (Lipinski definition) is 1. The molecule has 120 valence electrons. The second kappa shape index (κ2) is 11.0. The maximum absolute atomic E-state index is 11.7. The predicted octanol–water partition coefficient (Wildman–Crippen LogP) is 3.68. The van der Waals surface area contributed by atoms with Gasteiger partial charge in [0.25, 0.3) is 0 Å². The Morgan fingerprint density at radius 2 is 1.75 bits per heavy atom. The Bertz CT molecular complexity index is 258. The summed E-state index contributed by atoms with van der Waals surface area (Å²) in [6, 6.07) is 0.298. The summed E-state index contributed by atoms with van der Waals surface area (Å²) in [7, 11) is 1.43. The summed E-state index contributed by atoms with van der Waals surface area (Å²) in [6.07, 6.45) is 5.65. The zero-order valence-electron chi connectivity index (χ0n) is 13.9. The van der Waals surface area contributed by atoms with Crippen molar-refractivity contribution in [3.8, 4) is 0 Å². The van der Waals surface area contributed by atoms with Crippen LogP contribution in [0.3, 0.4) is 0 Å². The normalized spacial score (nSPS) is 28.1. The molecular formula is C16H33NO3. The molecule has 1 aliphatic heterocycles. The number of fused-ring (bicyclic) bond motifs is 1. The van der Waals surface area contributed by atoms with E-state index in [1.807, 2.05) is 32.6 Å². The molecule has 1 heterocycles. The SMILES string of the molecule is CC.CC.COC(=O)N1CC(CO)[C@@H]2CCCCC[C@H]21. The van der Waals surface area contributed by atoms with Gasteiger partial charge in [0.15, 0.2) is 0 Å². The van der Waals surface area contributed by atoms with Gasteiger partial charge in [0, 0.05) is 25.1 Å². The summed E-state index contributed by atoms with van der Waals surface area (Å²) in [5.74, 6) is 0.730. The van der Waals surface area contributed by atoms with Crippen molar-refractivity contribution >= 4 is 6.09 Å². The number of nitrogens with zero attached hydrogens (tertiary/aromatic N) is 1. The number of amides is 1. The smallest absolute Gasteiger partial charge is 0.409 e. The molecule has 1 unspecified atom stereocenters. The first kappa shape index (κ1) is 19.2. The molecule has 2 rings (SSSR count). The fourth-order valence-electron chi connectivity index (χ4n) is 3.30. The maximum Gasteiger partial charge on any atom is 0.409 e. The second-order valence-corrected chi connectivity index (χ2v) is 4.93. The number of aliphatic hydroxyl groups is 1. The third-order valence-electron chi connectivity index (χ3n) is 4.11. The van der Waals surface area contributed by atoms with Crippen molar-refractivity contribution in [2.24, 2.45) is 11.8 Å².